The number of ketones is 1. The van der Waals surface area contributed by atoms with Gasteiger partial charge < -0.3 is 5.73 Å². The Morgan fingerprint density at radius 2 is 1.74 bits per heavy atom. The highest BCUT2D eigenvalue weighted by Gasteiger charge is 2.37. The fourth-order valence-corrected chi connectivity index (χ4v) is 3.02. The van der Waals surface area contributed by atoms with Crippen molar-refractivity contribution in [3.05, 3.63) is 68.2 Å². The van der Waals surface area contributed by atoms with E-state index in [0.717, 1.165) is 6.07 Å². The number of rotatable bonds is 6. The number of primary amides is 1. The number of halogens is 4. The van der Waals surface area contributed by atoms with Crippen LogP contribution in [0.2, 0.25) is 5.02 Å². The van der Waals surface area contributed by atoms with E-state index in [9.17, 15) is 32.9 Å². The Kier molecular flexibility index (Phi) is 5.85. The van der Waals surface area contributed by atoms with Crippen LogP contribution in [0.5, 0.6) is 0 Å². The molecule has 0 unspecified atom stereocenters. The predicted octanol–water partition coefficient (Wildman–Crippen LogP) is 3.51. The van der Waals surface area contributed by atoms with Gasteiger partial charge >= 0.3 is 6.18 Å². The second kappa shape index (κ2) is 7.75. The quantitative estimate of drug-likeness (QED) is 0.455. The van der Waals surface area contributed by atoms with Crippen molar-refractivity contribution in [3.63, 3.8) is 0 Å². The summed E-state index contributed by atoms with van der Waals surface area (Å²) in [7, 11) is 0. The maximum atomic E-state index is 13.5. The lowest BCUT2D eigenvalue weighted by atomic mass is 9.92. The van der Waals surface area contributed by atoms with E-state index in [0.29, 0.717) is 0 Å². The zero-order chi connectivity index (χ0) is 20.4. The van der Waals surface area contributed by atoms with Gasteiger partial charge in [-0.05, 0) is 11.1 Å². The summed E-state index contributed by atoms with van der Waals surface area (Å²) < 4.78 is 40.5. The fourth-order valence-electron chi connectivity index (χ4n) is 2.63. The van der Waals surface area contributed by atoms with Gasteiger partial charge in [0.15, 0.2) is 0 Å². The number of carbonyl (C=O) groups is 2. The van der Waals surface area contributed by atoms with Crippen molar-refractivity contribution in [1.29, 1.82) is 0 Å². The molecular formula is C17H12ClF3N2O4. The normalized spacial score (nSPS) is 11.3. The number of nitrogens with zero attached hydrogens (tertiary/aromatic N) is 1. The molecular weight excluding hydrogens is 389 g/mol. The van der Waals surface area contributed by atoms with E-state index in [-0.39, 0.29) is 16.7 Å². The Morgan fingerprint density at radius 1 is 1.11 bits per heavy atom. The molecule has 2 N–H and O–H groups in total. The summed E-state index contributed by atoms with van der Waals surface area (Å²) in [6, 6.07) is 7.75. The van der Waals surface area contributed by atoms with E-state index in [1.807, 2.05) is 0 Å². The molecule has 2 aromatic rings. The number of Topliss-reactive ketones (excluding diaryl/α,β-unsaturated/α-hetero) is 1. The number of amides is 1. The molecule has 0 aliphatic heterocycles. The Bertz CT molecular complexity index is 929. The van der Waals surface area contributed by atoms with Gasteiger partial charge in [-0.1, -0.05) is 48.0 Å². The lowest BCUT2D eigenvalue weighted by molar-refractivity contribution is -0.465. The smallest absolute Gasteiger partial charge is 0.369 e. The number of nitrogens with two attached hydrogens (primary N) is 1. The Labute approximate surface area is 155 Å². The Balaban J connectivity index is 2.70. The standard InChI is InChI=1S/C17H12ClF3N2O4/c18-16-12(6-5-9(7-14(22)25)15(16)17(19,20)21)10-3-1-2-4-11(10)13(24)8-23(26)27/h1-6H,7-8H2,(H2,22,25). The Hall–Kier alpha value is -2.94. The summed E-state index contributed by atoms with van der Waals surface area (Å²) in [5.41, 5.74) is 3.10. The molecule has 6 nitrogen and oxygen atoms in total. The number of carbonyl (C=O) groups excluding carboxylic acids is 2. The average molecular weight is 401 g/mol. The molecule has 142 valence electrons. The molecule has 0 spiro atoms. The molecule has 0 atom stereocenters. The predicted molar refractivity (Wildman–Crippen MR) is 91.0 cm³/mol. The minimum atomic E-state index is -4.88. The highest BCUT2D eigenvalue weighted by Crippen LogP contribution is 2.43. The fraction of sp³-hybridized carbons (Fsp3) is 0.176. The first kappa shape index (κ1) is 20.4. The molecule has 2 aromatic carbocycles. The molecule has 27 heavy (non-hydrogen) atoms. The third kappa shape index (κ3) is 4.62. The first-order valence-corrected chi connectivity index (χ1v) is 7.81. The summed E-state index contributed by atoms with van der Waals surface area (Å²) in [6.45, 7) is -1.01. The lowest BCUT2D eigenvalue weighted by Crippen LogP contribution is -2.19. The van der Waals surface area contributed by atoms with E-state index in [2.05, 4.69) is 0 Å². The number of benzene rings is 2. The summed E-state index contributed by atoms with van der Waals surface area (Å²) in [5.74, 6) is -1.84. The van der Waals surface area contributed by atoms with Crippen LogP contribution in [0.15, 0.2) is 36.4 Å². The molecule has 0 fully saturated rings. The van der Waals surface area contributed by atoms with Gasteiger partial charge in [0.05, 0.1) is 17.0 Å². The molecule has 2 rings (SSSR count). The maximum Gasteiger partial charge on any atom is 0.418 e. The first-order chi connectivity index (χ1) is 12.5. The highest BCUT2D eigenvalue weighted by atomic mass is 35.5. The van der Waals surface area contributed by atoms with Crippen molar-refractivity contribution < 1.29 is 27.7 Å². The van der Waals surface area contributed by atoms with Gasteiger partial charge in [-0.15, -0.1) is 0 Å². The lowest BCUT2D eigenvalue weighted by Gasteiger charge is -2.18. The van der Waals surface area contributed by atoms with Crippen LogP contribution in [0.1, 0.15) is 21.5 Å². The summed E-state index contributed by atoms with van der Waals surface area (Å²) in [5, 5.41) is 9.88. The van der Waals surface area contributed by atoms with Crippen LogP contribution >= 0.6 is 11.6 Å². The van der Waals surface area contributed by atoms with Crippen molar-refractivity contribution in [2.75, 3.05) is 6.54 Å². The van der Waals surface area contributed by atoms with E-state index in [1.165, 1.54) is 30.3 Å². The summed E-state index contributed by atoms with van der Waals surface area (Å²) >= 11 is 5.98. The number of alkyl halides is 3. The minimum absolute atomic E-state index is 0.0190. The van der Waals surface area contributed by atoms with E-state index < -0.39 is 51.9 Å². The van der Waals surface area contributed by atoms with E-state index >= 15 is 0 Å². The van der Waals surface area contributed by atoms with Gasteiger partial charge in [0.1, 0.15) is 0 Å². The van der Waals surface area contributed by atoms with Gasteiger partial charge in [0, 0.05) is 16.1 Å². The molecule has 10 heteroatoms. The van der Waals surface area contributed by atoms with E-state index in [4.69, 9.17) is 17.3 Å². The zero-order valence-electron chi connectivity index (χ0n) is 13.5. The third-order valence-electron chi connectivity index (χ3n) is 3.67. The molecule has 0 bridgehead atoms. The monoisotopic (exact) mass is 400 g/mol. The maximum absolute atomic E-state index is 13.5. The summed E-state index contributed by atoms with van der Waals surface area (Å²) in [4.78, 5) is 32.9. The second-order valence-electron chi connectivity index (χ2n) is 5.56. The summed E-state index contributed by atoms with van der Waals surface area (Å²) in [6.07, 6.45) is -5.55. The van der Waals surface area contributed by atoms with E-state index in [1.54, 1.807) is 0 Å². The van der Waals surface area contributed by atoms with Crippen LogP contribution in [0.25, 0.3) is 11.1 Å². The zero-order valence-corrected chi connectivity index (χ0v) is 14.3. The minimum Gasteiger partial charge on any atom is -0.369 e. The molecule has 0 aliphatic rings. The van der Waals surface area contributed by atoms with Crippen molar-refractivity contribution in [1.82, 2.24) is 0 Å². The second-order valence-corrected chi connectivity index (χ2v) is 5.94. The van der Waals surface area contributed by atoms with Gasteiger partial charge in [-0.2, -0.15) is 13.2 Å². The topological polar surface area (TPSA) is 103 Å². The molecule has 0 saturated heterocycles. The van der Waals surface area contributed by atoms with Gasteiger partial charge in [-0.3, -0.25) is 19.7 Å². The molecule has 0 radical (unpaired) electrons. The van der Waals surface area contributed by atoms with Crippen molar-refractivity contribution in [2.24, 2.45) is 5.73 Å². The van der Waals surface area contributed by atoms with Crippen LogP contribution in [-0.4, -0.2) is 23.2 Å². The van der Waals surface area contributed by atoms with Gasteiger partial charge in [0.2, 0.25) is 11.7 Å². The third-order valence-corrected chi connectivity index (χ3v) is 4.06. The van der Waals surface area contributed by atoms with Crippen LogP contribution in [0.4, 0.5) is 13.2 Å². The van der Waals surface area contributed by atoms with Gasteiger partial charge in [0.25, 0.3) is 6.54 Å². The Morgan fingerprint density at radius 3 is 2.30 bits per heavy atom. The number of nitro groups is 1. The van der Waals surface area contributed by atoms with Crippen LogP contribution in [-0.2, 0) is 17.4 Å². The molecule has 0 saturated carbocycles. The van der Waals surface area contributed by atoms with Crippen molar-refractivity contribution >= 4 is 23.3 Å². The molecule has 1 amide bonds. The van der Waals surface area contributed by atoms with Crippen LogP contribution in [0.3, 0.4) is 0 Å². The first-order valence-electron chi connectivity index (χ1n) is 7.43. The SMILES string of the molecule is NC(=O)Cc1ccc(-c2ccccc2C(=O)C[N+](=O)[O-])c(Cl)c1C(F)(F)F. The average Bonchev–Trinajstić information content (AvgIpc) is 2.52. The molecule has 0 aliphatic carbocycles. The number of hydrogen-bond donors (Lipinski definition) is 1. The molecule has 0 heterocycles. The highest BCUT2D eigenvalue weighted by molar-refractivity contribution is 6.34. The van der Waals surface area contributed by atoms with Crippen molar-refractivity contribution in [3.8, 4) is 11.1 Å². The van der Waals surface area contributed by atoms with Crippen LogP contribution in [0, 0.1) is 10.1 Å². The van der Waals surface area contributed by atoms with Crippen molar-refractivity contribution in [2.45, 2.75) is 12.6 Å². The number of hydrogen-bond acceptors (Lipinski definition) is 4. The molecule has 0 aromatic heterocycles. The largest absolute Gasteiger partial charge is 0.418 e. The van der Waals surface area contributed by atoms with Crippen LogP contribution < -0.4 is 5.73 Å². The van der Waals surface area contributed by atoms with Gasteiger partial charge in [-0.25, -0.2) is 0 Å².